The molecule has 1 atom stereocenters. The normalized spacial score (nSPS) is 16.4. The van der Waals surface area contributed by atoms with Gasteiger partial charge >= 0.3 is 24.6 Å². The molecule has 0 aliphatic rings. The minimum absolute atomic E-state index is 2.59. The summed E-state index contributed by atoms with van der Waals surface area (Å²) in [6.07, 6.45) is -21.1. The molecule has 0 amide bonds. The Balaban J connectivity index is 4.58. The third-order valence-corrected chi connectivity index (χ3v) is 1.36. The van der Waals surface area contributed by atoms with Crippen LogP contribution in [-0.2, 0) is 4.74 Å². The van der Waals surface area contributed by atoms with Crippen molar-refractivity contribution in [1.29, 1.82) is 0 Å². The topological polar surface area (TPSA) is 9.23 Å². The fraction of sp³-hybridized carbons (Fsp3) is 1.00. The lowest BCUT2D eigenvalue weighted by atomic mass is 10.3. The van der Waals surface area contributed by atoms with Gasteiger partial charge in [-0.15, -0.1) is 0 Å². The largest absolute Gasteiger partial charge is 0.428 e. The number of alkyl halides is 10. The molecule has 0 saturated carbocycles. The maximum absolute atomic E-state index is 12.2. The summed E-state index contributed by atoms with van der Waals surface area (Å²) < 4.78 is 120. The third-order valence-electron chi connectivity index (χ3n) is 1.36. The van der Waals surface area contributed by atoms with Crippen LogP contribution < -0.4 is 0 Å². The van der Waals surface area contributed by atoms with Crippen LogP contribution in [0.3, 0.4) is 0 Å². The third kappa shape index (κ3) is 4.56. The predicted molar refractivity (Wildman–Crippen MR) is 32.8 cm³/mol. The van der Waals surface area contributed by atoms with Gasteiger partial charge in [0.05, 0.1) is 0 Å². The van der Waals surface area contributed by atoms with Crippen LogP contribution in [0.25, 0.3) is 0 Å². The maximum atomic E-state index is 12.2. The van der Waals surface area contributed by atoms with Crippen LogP contribution >= 0.6 is 0 Å². The lowest BCUT2D eigenvalue weighted by Crippen LogP contribution is -2.46. The van der Waals surface area contributed by atoms with E-state index >= 15 is 0 Å². The molecule has 0 heterocycles. The molecule has 0 spiro atoms. The number of ether oxygens (including phenoxy) is 1. The first kappa shape index (κ1) is 16.3. The second-order valence-electron chi connectivity index (χ2n) is 2.82. The van der Waals surface area contributed by atoms with Crippen molar-refractivity contribution in [3.8, 4) is 0 Å². The molecule has 0 aromatic carbocycles. The molecule has 0 aliphatic carbocycles. The van der Waals surface area contributed by atoms with Gasteiger partial charge in [0.2, 0.25) is 0 Å². The summed E-state index contributed by atoms with van der Waals surface area (Å²) in [5.41, 5.74) is 0. The molecule has 0 fully saturated rings. The molecule has 0 rings (SSSR count). The van der Waals surface area contributed by atoms with Crippen LogP contribution in [0.5, 0.6) is 0 Å². The van der Waals surface area contributed by atoms with Crippen molar-refractivity contribution in [2.75, 3.05) is 6.61 Å². The van der Waals surface area contributed by atoms with E-state index in [1.807, 2.05) is 0 Å². The summed E-state index contributed by atoms with van der Waals surface area (Å²) in [7, 11) is 0. The number of hydrogen-bond donors (Lipinski definition) is 0. The molecular weight excluding hydrogens is 278 g/mol. The highest BCUT2D eigenvalue weighted by atomic mass is 19.4. The highest BCUT2D eigenvalue weighted by Crippen LogP contribution is 2.37. The van der Waals surface area contributed by atoms with E-state index in [1.54, 1.807) is 0 Å². The average molecular weight is 282 g/mol. The van der Waals surface area contributed by atoms with Crippen LogP contribution in [0.1, 0.15) is 0 Å². The molecular formula is C6H4F10O. The van der Waals surface area contributed by atoms with E-state index in [0.717, 1.165) is 0 Å². The molecule has 0 N–H and O–H groups in total. The van der Waals surface area contributed by atoms with E-state index in [2.05, 4.69) is 4.74 Å². The Morgan fingerprint density at radius 2 is 1.24 bits per heavy atom. The highest BCUT2D eigenvalue weighted by molar-refractivity contribution is 4.77. The van der Waals surface area contributed by atoms with Crippen LogP contribution in [0, 0.1) is 0 Å². The standard InChI is InChI=1S/C6H4F10O/c7-2(5(12,13)14)6(15,16)17-1-4(10,11)3(8)9/h2-3H,1H2. The SMILES string of the molecule is FC(F)C(F)(F)COC(F)(F)C(F)C(F)(F)F. The summed E-state index contributed by atoms with van der Waals surface area (Å²) in [6.45, 7) is -2.74. The van der Waals surface area contributed by atoms with Crippen molar-refractivity contribution < 1.29 is 48.6 Å². The van der Waals surface area contributed by atoms with Gasteiger partial charge in [-0.25, -0.2) is 13.2 Å². The Bertz CT molecular complexity index is 246. The van der Waals surface area contributed by atoms with E-state index in [9.17, 15) is 43.9 Å². The molecule has 11 heteroatoms. The summed E-state index contributed by atoms with van der Waals surface area (Å²) in [5.74, 6) is -5.10. The number of hydrogen-bond acceptors (Lipinski definition) is 1. The van der Waals surface area contributed by atoms with Gasteiger partial charge in [-0.2, -0.15) is 30.7 Å². The van der Waals surface area contributed by atoms with Crippen LogP contribution in [-0.4, -0.2) is 37.4 Å². The Hall–Kier alpha value is -0.740. The minimum Gasteiger partial charge on any atom is -0.311 e. The molecule has 0 aromatic heterocycles. The van der Waals surface area contributed by atoms with Gasteiger partial charge in [-0.1, -0.05) is 0 Å². The molecule has 0 bridgehead atoms. The van der Waals surface area contributed by atoms with Gasteiger partial charge in [-0.05, 0) is 0 Å². The van der Waals surface area contributed by atoms with Crippen molar-refractivity contribution in [3.63, 3.8) is 0 Å². The lowest BCUT2D eigenvalue weighted by molar-refractivity contribution is -0.351. The Morgan fingerprint density at radius 3 is 1.53 bits per heavy atom. The van der Waals surface area contributed by atoms with Crippen molar-refractivity contribution >= 4 is 0 Å². The quantitative estimate of drug-likeness (QED) is 0.702. The second-order valence-corrected chi connectivity index (χ2v) is 2.82. The van der Waals surface area contributed by atoms with E-state index in [1.165, 1.54) is 0 Å². The molecule has 0 radical (unpaired) electrons. The van der Waals surface area contributed by atoms with E-state index in [-0.39, 0.29) is 0 Å². The number of rotatable bonds is 5. The fourth-order valence-corrected chi connectivity index (χ4v) is 0.519. The lowest BCUT2D eigenvalue weighted by Gasteiger charge is -2.24. The summed E-state index contributed by atoms with van der Waals surface area (Å²) in [6, 6.07) is 0. The zero-order valence-electron chi connectivity index (χ0n) is 7.55. The van der Waals surface area contributed by atoms with Gasteiger partial charge in [0.1, 0.15) is 6.61 Å². The van der Waals surface area contributed by atoms with Crippen LogP contribution in [0.2, 0.25) is 0 Å². The van der Waals surface area contributed by atoms with Gasteiger partial charge in [0.15, 0.2) is 0 Å². The predicted octanol–water partition coefficient (Wildman–Crippen LogP) is 3.40. The Morgan fingerprint density at radius 1 is 0.824 bits per heavy atom. The second kappa shape index (κ2) is 4.86. The highest BCUT2D eigenvalue weighted by Gasteiger charge is 2.59. The maximum Gasteiger partial charge on any atom is 0.428 e. The van der Waals surface area contributed by atoms with Crippen molar-refractivity contribution in [2.24, 2.45) is 0 Å². The Labute approximate surface area is 87.3 Å². The van der Waals surface area contributed by atoms with E-state index < -0.39 is 37.4 Å². The van der Waals surface area contributed by atoms with E-state index in [4.69, 9.17) is 0 Å². The number of halogens is 10. The Kier molecular flexibility index (Phi) is 4.65. The van der Waals surface area contributed by atoms with Crippen molar-refractivity contribution in [2.45, 2.75) is 30.8 Å². The van der Waals surface area contributed by atoms with Crippen molar-refractivity contribution in [3.05, 3.63) is 0 Å². The van der Waals surface area contributed by atoms with Crippen LogP contribution in [0.4, 0.5) is 43.9 Å². The van der Waals surface area contributed by atoms with Gasteiger partial charge in [0, 0.05) is 0 Å². The minimum atomic E-state index is -6.07. The molecule has 104 valence electrons. The molecule has 1 nitrogen and oxygen atoms in total. The summed E-state index contributed by atoms with van der Waals surface area (Å²) in [4.78, 5) is 0. The van der Waals surface area contributed by atoms with Gasteiger partial charge in [-0.3, -0.25) is 0 Å². The van der Waals surface area contributed by atoms with Gasteiger partial charge in [0.25, 0.3) is 6.17 Å². The monoisotopic (exact) mass is 282 g/mol. The smallest absolute Gasteiger partial charge is 0.311 e. The molecule has 17 heavy (non-hydrogen) atoms. The van der Waals surface area contributed by atoms with Crippen LogP contribution in [0.15, 0.2) is 0 Å². The molecule has 0 saturated heterocycles. The van der Waals surface area contributed by atoms with Gasteiger partial charge < -0.3 is 4.74 Å². The molecule has 0 aliphatic heterocycles. The molecule has 1 unspecified atom stereocenters. The zero-order chi connectivity index (χ0) is 14.1. The summed E-state index contributed by atoms with van der Waals surface area (Å²) >= 11 is 0. The van der Waals surface area contributed by atoms with Crippen molar-refractivity contribution in [1.82, 2.24) is 0 Å². The fourth-order valence-electron chi connectivity index (χ4n) is 0.519. The first-order valence-corrected chi connectivity index (χ1v) is 3.69. The molecule has 0 aromatic rings. The average Bonchev–Trinajstić information content (AvgIpc) is 2.12. The summed E-state index contributed by atoms with van der Waals surface area (Å²) in [5, 5.41) is 0. The first-order chi connectivity index (χ1) is 7.31. The van der Waals surface area contributed by atoms with E-state index in [0.29, 0.717) is 0 Å². The zero-order valence-corrected chi connectivity index (χ0v) is 7.55. The first-order valence-electron chi connectivity index (χ1n) is 3.69.